The van der Waals surface area contributed by atoms with E-state index < -0.39 is 0 Å². The molecule has 3 heterocycles. The number of allylic oxidation sites excluding steroid dienone is 1. The molecule has 2 aromatic rings. The average Bonchev–Trinajstić information content (AvgIpc) is 2.93. The first kappa shape index (κ1) is 14.1. The number of Topliss-reactive ketones (excluding diaryl/α,β-unsaturated/α-hetero) is 1. The van der Waals surface area contributed by atoms with Crippen LogP contribution in [0.4, 0.5) is 0 Å². The number of pyridine rings is 1. The average molecular weight is 306 g/mol. The van der Waals surface area contributed by atoms with Crippen LogP contribution in [0.3, 0.4) is 0 Å². The monoisotopic (exact) mass is 306 g/mol. The van der Waals surface area contributed by atoms with Crippen molar-refractivity contribution in [1.82, 2.24) is 9.88 Å². The van der Waals surface area contributed by atoms with Crippen molar-refractivity contribution < 1.29 is 9.59 Å². The molecule has 1 amide bonds. The van der Waals surface area contributed by atoms with Gasteiger partial charge in [-0.25, -0.2) is 4.98 Å². The molecule has 0 saturated carbocycles. The molecule has 4 nitrogen and oxygen atoms in total. The topological polar surface area (TPSA) is 50.3 Å². The molecular formula is C19H18N2O2. The molecule has 1 aromatic carbocycles. The Bertz CT molecular complexity index is 869. The summed E-state index contributed by atoms with van der Waals surface area (Å²) >= 11 is 0. The van der Waals surface area contributed by atoms with Crippen LogP contribution >= 0.6 is 0 Å². The Morgan fingerprint density at radius 2 is 2.13 bits per heavy atom. The number of ketones is 1. The van der Waals surface area contributed by atoms with Crippen LogP contribution in [0.2, 0.25) is 0 Å². The molecule has 23 heavy (non-hydrogen) atoms. The van der Waals surface area contributed by atoms with Gasteiger partial charge in [-0.05, 0) is 18.2 Å². The minimum Gasteiger partial charge on any atom is -0.306 e. The molecule has 0 bridgehead atoms. The third-order valence-electron chi connectivity index (χ3n) is 4.92. The summed E-state index contributed by atoms with van der Waals surface area (Å²) in [6.45, 7) is 4.24. The first-order valence-electron chi connectivity index (χ1n) is 8.05. The van der Waals surface area contributed by atoms with E-state index in [0.29, 0.717) is 13.0 Å². The van der Waals surface area contributed by atoms with Gasteiger partial charge in [-0.15, -0.1) is 0 Å². The molecule has 4 rings (SSSR count). The van der Waals surface area contributed by atoms with Crippen LogP contribution in [0.15, 0.2) is 36.4 Å². The fourth-order valence-electron chi connectivity index (χ4n) is 3.57. The van der Waals surface area contributed by atoms with Crippen LogP contribution in [0.5, 0.6) is 0 Å². The van der Waals surface area contributed by atoms with E-state index in [-0.39, 0.29) is 23.5 Å². The zero-order valence-electron chi connectivity index (χ0n) is 13.2. The maximum Gasteiger partial charge on any atom is 0.231 e. The lowest BCUT2D eigenvalue weighted by molar-refractivity contribution is -0.137. The summed E-state index contributed by atoms with van der Waals surface area (Å²) in [7, 11) is 0. The number of nitrogens with zero attached hydrogens (tertiary/aromatic N) is 2. The maximum absolute atomic E-state index is 12.7. The molecule has 4 heteroatoms. The Hall–Kier alpha value is -2.49. The van der Waals surface area contributed by atoms with E-state index in [0.717, 1.165) is 27.9 Å². The van der Waals surface area contributed by atoms with Crippen LogP contribution in [0.1, 0.15) is 31.5 Å². The molecule has 0 N–H and O–H groups in total. The van der Waals surface area contributed by atoms with E-state index >= 15 is 0 Å². The van der Waals surface area contributed by atoms with E-state index in [1.165, 1.54) is 0 Å². The molecule has 0 aliphatic carbocycles. The van der Waals surface area contributed by atoms with Crippen molar-refractivity contribution in [2.24, 2.45) is 11.8 Å². The standard InChI is InChI=1S/C19H18N2O2/c1-3-17(22)14-9-16-18-13(10-21(16)19(23)11(14)2)8-12-6-4-5-7-15(12)20-18/h4-9,11,14H,3,10H2,1-2H3. The highest BCUT2D eigenvalue weighted by molar-refractivity contribution is 5.99. The Balaban J connectivity index is 1.88. The molecule has 2 aliphatic rings. The first-order valence-corrected chi connectivity index (χ1v) is 8.05. The lowest BCUT2D eigenvalue weighted by Gasteiger charge is -2.31. The number of hydrogen-bond donors (Lipinski definition) is 0. The van der Waals surface area contributed by atoms with E-state index in [1.807, 2.05) is 44.2 Å². The van der Waals surface area contributed by atoms with Crippen LogP contribution in [0, 0.1) is 11.8 Å². The molecule has 2 unspecified atom stereocenters. The van der Waals surface area contributed by atoms with Crippen LogP contribution < -0.4 is 0 Å². The normalized spacial score (nSPS) is 22.8. The summed E-state index contributed by atoms with van der Waals surface area (Å²) in [5.74, 6) is -0.489. The van der Waals surface area contributed by atoms with Gasteiger partial charge in [-0.3, -0.25) is 9.59 Å². The zero-order chi connectivity index (χ0) is 16.1. The summed E-state index contributed by atoms with van der Waals surface area (Å²) in [5.41, 5.74) is 3.62. The first-order chi connectivity index (χ1) is 11.1. The summed E-state index contributed by atoms with van der Waals surface area (Å²) in [6.07, 6.45) is 2.40. The molecule has 0 fully saturated rings. The van der Waals surface area contributed by atoms with Gasteiger partial charge in [0.15, 0.2) is 0 Å². The highest BCUT2D eigenvalue weighted by atomic mass is 16.2. The van der Waals surface area contributed by atoms with Gasteiger partial charge in [0.2, 0.25) is 5.91 Å². The third kappa shape index (κ3) is 2.01. The van der Waals surface area contributed by atoms with Gasteiger partial charge in [0.1, 0.15) is 5.78 Å². The van der Waals surface area contributed by atoms with Crippen molar-refractivity contribution in [1.29, 1.82) is 0 Å². The van der Waals surface area contributed by atoms with Gasteiger partial charge in [-0.2, -0.15) is 0 Å². The van der Waals surface area contributed by atoms with Gasteiger partial charge in [0, 0.05) is 29.2 Å². The number of fused-ring (bicyclic) bond motifs is 4. The van der Waals surface area contributed by atoms with Crippen LogP contribution in [-0.2, 0) is 16.1 Å². The van der Waals surface area contributed by atoms with Crippen molar-refractivity contribution in [3.8, 4) is 0 Å². The Morgan fingerprint density at radius 1 is 1.35 bits per heavy atom. The number of carbonyl (C=O) groups excluding carboxylic acids is 2. The van der Waals surface area contributed by atoms with E-state index in [2.05, 4.69) is 6.07 Å². The number of carbonyl (C=O) groups is 2. The fraction of sp³-hybridized carbons (Fsp3) is 0.316. The minimum absolute atomic E-state index is 0.0244. The summed E-state index contributed by atoms with van der Waals surface area (Å²) in [4.78, 5) is 31.4. The number of para-hydroxylation sites is 1. The number of benzene rings is 1. The van der Waals surface area contributed by atoms with Gasteiger partial charge in [-0.1, -0.05) is 32.0 Å². The molecule has 0 saturated heterocycles. The van der Waals surface area contributed by atoms with Crippen LogP contribution in [-0.4, -0.2) is 21.6 Å². The van der Waals surface area contributed by atoms with Crippen molar-refractivity contribution in [3.63, 3.8) is 0 Å². The number of amides is 1. The van der Waals surface area contributed by atoms with Crippen molar-refractivity contribution in [2.45, 2.75) is 26.8 Å². The Labute approximate surface area is 134 Å². The molecule has 0 radical (unpaired) electrons. The van der Waals surface area contributed by atoms with Gasteiger partial charge in [0.05, 0.1) is 23.5 Å². The number of hydrogen-bond acceptors (Lipinski definition) is 3. The largest absolute Gasteiger partial charge is 0.306 e. The van der Waals surface area contributed by atoms with Crippen LogP contribution in [0.25, 0.3) is 16.6 Å². The van der Waals surface area contributed by atoms with Crippen molar-refractivity contribution in [2.75, 3.05) is 0 Å². The van der Waals surface area contributed by atoms with Gasteiger partial charge >= 0.3 is 0 Å². The minimum atomic E-state index is -0.335. The molecular weight excluding hydrogens is 288 g/mol. The molecule has 2 aliphatic heterocycles. The van der Waals surface area contributed by atoms with E-state index in [1.54, 1.807) is 4.90 Å². The summed E-state index contributed by atoms with van der Waals surface area (Å²) in [6, 6.07) is 10.1. The predicted molar refractivity (Wildman–Crippen MR) is 88.2 cm³/mol. The second-order valence-corrected chi connectivity index (χ2v) is 6.30. The molecule has 1 aromatic heterocycles. The zero-order valence-corrected chi connectivity index (χ0v) is 13.2. The SMILES string of the molecule is CCC(=O)C1C=C2c3nc4ccccc4cc3CN2C(=O)C1C. The van der Waals surface area contributed by atoms with E-state index in [9.17, 15) is 9.59 Å². The molecule has 0 spiro atoms. The number of rotatable bonds is 2. The smallest absolute Gasteiger partial charge is 0.231 e. The van der Waals surface area contributed by atoms with Crippen molar-refractivity contribution in [3.05, 3.63) is 47.7 Å². The number of aromatic nitrogens is 1. The fourth-order valence-corrected chi connectivity index (χ4v) is 3.57. The van der Waals surface area contributed by atoms with E-state index in [4.69, 9.17) is 4.98 Å². The maximum atomic E-state index is 12.7. The van der Waals surface area contributed by atoms with Gasteiger partial charge in [0.25, 0.3) is 0 Å². The van der Waals surface area contributed by atoms with Crippen molar-refractivity contribution >= 4 is 28.3 Å². The highest BCUT2D eigenvalue weighted by Crippen LogP contribution is 2.40. The predicted octanol–water partition coefficient (Wildman–Crippen LogP) is 3.16. The second-order valence-electron chi connectivity index (χ2n) is 6.30. The Kier molecular flexibility index (Phi) is 3.08. The third-order valence-corrected chi connectivity index (χ3v) is 4.92. The second kappa shape index (κ2) is 5.01. The van der Waals surface area contributed by atoms with Gasteiger partial charge < -0.3 is 4.90 Å². The lowest BCUT2D eigenvalue weighted by atomic mass is 9.84. The summed E-state index contributed by atoms with van der Waals surface area (Å²) < 4.78 is 0. The molecule has 116 valence electrons. The Morgan fingerprint density at radius 3 is 2.91 bits per heavy atom. The highest BCUT2D eigenvalue weighted by Gasteiger charge is 2.41. The quantitative estimate of drug-likeness (QED) is 0.856. The summed E-state index contributed by atoms with van der Waals surface area (Å²) in [5, 5.41) is 1.08. The lowest BCUT2D eigenvalue weighted by Crippen LogP contribution is -2.40. The molecule has 2 atom stereocenters.